The Labute approximate surface area is 105 Å². The molecule has 2 heteroatoms. The second kappa shape index (κ2) is 4.69. The minimum absolute atomic E-state index is 0.104. The number of ether oxygens (including phenoxy) is 1. The molecule has 1 aromatic rings. The predicted molar refractivity (Wildman–Crippen MR) is 71.8 cm³/mol. The van der Waals surface area contributed by atoms with Crippen molar-refractivity contribution in [3.05, 3.63) is 29.3 Å². The molecule has 0 fully saturated rings. The van der Waals surface area contributed by atoms with Crippen molar-refractivity contribution in [1.82, 2.24) is 0 Å². The van der Waals surface area contributed by atoms with E-state index >= 15 is 0 Å². The van der Waals surface area contributed by atoms with E-state index < -0.39 is 0 Å². The van der Waals surface area contributed by atoms with E-state index in [9.17, 15) is 5.11 Å². The van der Waals surface area contributed by atoms with Crippen LogP contribution in [0.25, 0.3) is 0 Å². The first-order valence-electron chi connectivity index (χ1n) is 6.02. The number of aliphatic hydroxyl groups excluding tert-OH is 1. The zero-order valence-corrected chi connectivity index (χ0v) is 11.8. The van der Waals surface area contributed by atoms with E-state index in [1.807, 2.05) is 19.9 Å². The molecule has 0 aliphatic rings. The molecule has 1 N–H and O–H groups in total. The Balaban J connectivity index is 3.35. The van der Waals surface area contributed by atoms with Crippen molar-refractivity contribution in [3.8, 4) is 5.75 Å². The summed E-state index contributed by atoms with van der Waals surface area (Å²) in [4.78, 5) is 0. The largest absolute Gasteiger partial charge is 0.496 e. The molecule has 17 heavy (non-hydrogen) atoms. The summed E-state index contributed by atoms with van der Waals surface area (Å²) in [5.74, 6) is 0.844. The van der Waals surface area contributed by atoms with Gasteiger partial charge in [-0.3, -0.25) is 0 Å². The Morgan fingerprint density at radius 3 is 2.12 bits per heavy atom. The summed E-state index contributed by atoms with van der Waals surface area (Å²) in [5, 5.41) is 9.51. The number of aliphatic hydroxyl groups is 1. The van der Waals surface area contributed by atoms with Crippen molar-refractivity contribution in [3.63, 3.8) is 0 Å². The first kappa shape index (κ1) is 14.0. The molecule has 2 nitrogen and oxygen atoms in total. The van der Waals surface area contributed by atoms with Crippen LogP contribution in [0.5, 0.6) is 5.75 Å². The molecule has 0 aromatic heterocycles. The van der Waals surface area contributed by atoms with Gasteiger partial charge < -0.3 is 9.84 Å². The Morgan fingerprint density at radius 1 is 1.12 bits per heavy atom. The molecule has 0 amide bonds. The van der Waals surface area contributed by atoms with Gasteiger partial charge in [0.25, 0.3) is 0 Å². The van der Waals surface area contributed by atoms with Gasteiger partial charge in [0.1, 0.15) is 5.75 Å². The molecule has 0 saturated carbocycles. The van der Waals surface area contributed by atoms with Gasteiger partial charge in [-0.15, -0.1) is 0 Å². The molecular formula is C15H24O2. The van der Waals surface area contributed by atoms with Crippen LogP contribution >= 0.6 is 0 Å². The van der Waals surface area contributed by atoms with Crippen LogP contribution in [-0.2, 0) is 10.8 Å². The van der Waals surface area contributed by atoms with Crippen LogP contribution in [0, 0.1) is 0 Å². The van der Waals surface area contributed by atoms with Crippen LogP contribution in [0.3, 0.4) is 0 Å². The van der Waals surface area contributed by atoms with E-state index in [0.29, 0.717) is 0 Å². The van der Waals surface area contributed by atoms with E-state index in [1.165, 1.54) is 5.56 Å². The van der Waals surface area contributed by atoms with Gasteiger partial charge in [-0.25, -0.2) is 0 Å². The fourth-order valence-corrected chi connectivity index (χ4v) is 1.79. The molecular weight excluding hydrogens is 212 g/mol. The lowest BCUT2D eigenvalue weighted by atomic mass is 9.79. The fraction of sp³-hybridized carbons (Fsp3) is 0.600. The lowest BCUT2D eigenvalue weighted by Gasteiger charge is -2.28. The predicted octanol–water partition coefficient (Wildman–Crippen LogP) is 3.26. The van der Waals surface area contributed by atoms with E-state index in [4.69, 9.17) is 4.74 Å². The van der Waals surface area contributed by atoms with E-state index in [2.05, 4.69) is 32.9 Å². The summed E-state index contributed by atoms with van der Waals surface area (Å²) < 4.78 is 5.39. The fourth-order valence-electron chi connectivity index (χ4n) is 1.79. The molecule has 0 aliphatic carbocycles. The van der Waals surface area contributed by atoms with Crippen LogP contribution in [0.1, 0.15) is 45.7 Å². The molecule has 1 aromatic carbocycles. The van der Waals surface area contributed by atoms with Crippen LogP contribution < -0.4 is 4.74 Å². The molecule has 1 rings (SSSR count). The summed E-state index contributed by atoms with van der Waals surface area (Å²) in [6.45, 7) is 10.7. The molecule has 0 heterocycles. The first-order chi connectivity index (χ1) is 7.72. The highest BCUT2D eigenvalue weighted by molar-refractivity contribution is 5.43. The van der Waals surface area contributed by atoms with Crippen molar-refractivity contribution < 1.29 is 9.84 Å². The number of methoxy groups -OCH3 is 1. The van der Waals surface area contributed by atoms with Gasteiger partial charge in [0, 0.05) is 11.0 Å². The number of benzene rings is 1. The van der Waals surface area contributed by atoms with Crippen LogP contribution in [0.4, 0.5) is 0 Å². The van der Waals surface area contributed by atoms with Crippen LogP contribution in [0.2, 0.25) is 0 Å². The summed E-state index contributed by atoms with van der Waals surface area (Å²) >= 11 is 0. The normalized spacial score (nSPS) is 12.6. The van der Waals surface area contributed by atoms with Gasteiger partial charge in [-0.2, -0.15) is 0 Å². The van der Waals surface area contributed by atoms with Gasteiger partial charge in [0.2, 0.25) is 0 Å². The molecule has 0 radical (unpaired) electrons. The topological polar surface area (TPSA) is 29.5 Å². The van der Waals surface area contributed by atoms with Crippen molar-refractivity contribution >= 4 is 0 Å². The highest BCUT2D eigenvalue weighted by Gasteiger charge is 2.25. The maximum Gasteiger partial charge on any atom is 0.122 e. The smallest absolute Gasteiger partial charge is 0.122 e. The van der Waals surface area contributed by atoms with E-state index in [-0.39, 0.29) is 17.4 Å². The number of rotatable bonds is 3. The average Bonchev–Trinajstić information content (AvgIpc) is 2.27. The SMILES string of the molecule is COc1ccc(C(C)(C)C)cc1C(C)(C)CO. The third-order valence-corrected chi connectivity index (χ3v) is 3.19. The summed E-state index contributed by atoms with van der Waals surface area (Å²) in [7, 11) is 1.67. The molecule has 0 aliphatic heterocycles. The van der Waals surface area contributed by atoms with Crippen molar-refractivity contribution in [1.29, 1.82) is 0 Å². The highest BCUT2D eigenvalue weighted by atomic mass is 16.5. The standard InChI is InChI=1S/C15H24O2/c1-14(2,3)11-7-8-13(17-6)12(9-11)15(4,5)10-16/h7-9,16H,10H2,1-6H3. The molecule has 0 saturated heterocycles. The third kappa shape index (κ3) is 3.01. The Kier molecular flexibility index (Phi) is 3.88. The van der Waals surface area contributed by atoms with Crippen molar-refractivity contribution in [2.75, 3.05) is 13.7 Å². The lowest BCUT2D eigenvalue weighted by molar-refractivity contribution is 0.214. The molecule has 96 valence electrons. The Hall–Kier alpha value is -1.02. The maximum absolute atomic E-state index is 9.51. The summed E-state index contributed by atoms with van der Waals surface area (Å²) in [6.07, 6.45) is 0. The van der Waals surface area contributed by atoms with Crippen LogP contribution in [0.15, 0.2) is 18.2 Å². The zero-order chi connectivity index (χ0) is 13.3. The molecule has 0 atom stereocenters. The van der Waals surface area contributed by atoms with E-state index in [0.717, 1.165) is 11.3 Å². The second-order valence-corrected chi connectivity index (χ2v) is 6.21. The monoisotopic (exact) mass is 236 g/mol. The molecule has 0 unspecified atom stereocenters. The third-order valence-electron chi connectivity index (χ3n) is 3.19. The number of hydrogen-bond acceptors (Lipinski definition) is 2. The summed E-state index contributed by atoms with van der Waals surface area (Å²) in [5.41, 5.74) is 2.14. The average molecular weight is 236 g/mol. The summed E-state index contributed by atoms with van der Waals surface area (Å²) in [6, 6.07) is 6.23. The van der Waals surface area contributed by atoms with Crippen molar-refractivity contribution in [2.24, 2.45) is 0 Å². The minimum Gasteiger partial charge on any atom is -0.496 e. The first-order valence-corrected chi connectivity index (χ1v) is 6.02. The van der Waals surface area contributed by atoms with Crippen molar-refractivity contribution in [2.45, 2.75) is 45.4 Å². The number of hydrogen-bond donors (Lipinski definition) is 1. The lowest BCUT2D eigenvalue weighted by Crippen LogP contribution is -2.24. The molecule has 0 bridgehead atoms. The van der Waals surface area contributed by atoms with Gasteiger partial charge in [-0.05, 0) is 17.0 Å². The molecule has 0 spiro atoms. The van der Waals surface area contributed by atoms with Crippen LogP contribution in [-0.4, -0.2) is 18.8 Å². The highest BCUT2D eigenvalue weighted by Crippen LogP contribution is 2.35. The van der Waals surface area contributed by atoms with Gasteiger partial charge >= 0.3 is 0 Å². The quantitative estimate of drug-likeness (QED) is 0.873. The Bertz CT molecular complexity index is 386. The van der Waals surface area contributed by atoms with Gasteiger partial charge in [0.15, 0.2) is 0 Å². The maximum atomic E-state index is 9.51. The minimum atomic E-state index is -0.285. The Morgan fingerprint density at radius 2 is 1.71 bits per heavy atom. The van der Waals surface area contributed by atoms with Gasteiger partial charge in [0.05, 0.1) is 13.7 Å². The van der Waals surface area contributed by atoms with E-state index in [1.54, 1.807) is 7.11 Å². The van der Waals surface area contributed by atoms with Gasteiger partial charge in [-0.1, -0.05) is 46.8 Å². The zero-order valence-electron chi connectivity index (χ0n) is 11.8. The second-order valence-electron chi connectivity index (χ2n) is 6.21.